The summed E-state index contributed by atoms with van der Waals surface area (Å²) >= 11 is 0. The number of benzene rings is 1. The van der Waals surface area contributed by atoms with Crippen molar-refractivity contribution in [3.8, 4) is 17.2 Å². The molecule has 0 aliphatic carbocycles. The molecule has 3 aromatic heterocycles. The van der Waals surface area contributed by atoms with E-state index in [1.807, 2.05) is 43.3 Å². The Morgan fingerprint density at radius 3 is 2.56 bits per heavy atom. The SMILES string of the molecule is CCCCc1cn(-c2c(C(=O)C(F)(F)F)ccn2CC)c(=O)n1CC1(c2cccc(-c3nnn[nH]3)c2)C=CNC=C1. The van der Waals surface area contributed by atoms with Crippen LogP contribution in [0.5, 0.6) is 0 Å². The zero-order valence-corrected chi connectivity index (χ0v) is 22.5. The summed E-state index contributed by atoms with van der Waals surface area (Å²) in [6.45, 7) is 4.19. The van der Waals surface area contributed by atoms with E-state index in [9.17, 15) is 22.8 Å². The lowest BCUT2D eigenvalue weighted by molar-refractivity contribution is -0.0885. The molecule has 0 atom stereocenters. The second-order valence-corrected chi connectivity index (χ2v) is 9.83. The van der Waals surface area contributed by atoms with Gasteiger partial charge in [0.25, 0.3) is 5.78 Å². The third-order valence-electron chi connectivity index (χ3n) is 7.25. The van der Waals surface area contributed by atoms with Crippen LogP contribution >= 0.6 is 0 Å². The second kappa shape index (κ2) is 11.1. The number of ketones is 1. The number of allylic oxidation sites excluding steroid dienone is 2. The summed E-state index contributed by atoms with van der Waals surface area (Å²) in [7, 11) is 0. The Labute approximate surface area is 233 Å². The lowest BCUT2D eigenvalue weighted by Gasteiger charge is -2.31. The molecule has 4 aromatic rings. The maximum Gasteiger partial charge on any atom is 0.455 e. The molecule has 1 aliphatic rings. The first-order valence-corrected chi connectivity index (χ1v) is 13.3. The van der Waals surface area contributed by atoms with Crippen molar-refractivity contribution in [3.63, 3.8) is 0 Å². The van der Waals surface area contributed by atoms with E-state index in [-0.39, 0.29) is 18.9 Å². The number of rotatable bonds is 10. The molecule has 13 heteroatoms. The first-order chi connectivity index (χ1) is 19.7. The van der Waals surface area contributed by atoms with E-state index in [1.54, 1.807) is 30.1 Å². The maximum atomic E-state index is 14.1. The minimum atomic E-state index is -5.08. The van der Waals surface area contributed by atoms with E-state index in [1.165, 1.54) is 15.3 Å². The summed E-state index contributed by atoms with van der Waals surface area (Å²) in [6.07, 6.45) is 7.45. The Morgan fingerprint density at radius 1 is 1.12 bits per heavy atom. The Hall–Kier alpha value is -4.68. The number of carbonyl (C=O) groups is 1. The number of nitrogens with one attached hydrogen (secondary N) is 2. The number of tetrazole rings is 1. The number of halogens is 3. The number of nitrogens with zero attached hydrogens (tertiary/aromatic N) is 6. The van der Waals surface area contributed by atoms with E-state index in [0.717, 1.165) is 30.0 Å². The minimum Gasteiger partial charge on any atom is -0.368 e. The van der Waals surface area contributed by atoms with Gasteiger partial charge in [-0.25, -0.2) is 9.89 Å². The molecule has 1 aromatic carbocycles. The molecule has 0 radical (unpaired) electrons. The van der Waals surface area contributed by atoms with Crippen LogP contribution in [0.15, 0.2) is 72.1 Å². The number of dihydropyridines is 1. The van der Waals surface area contributed by atoms with E-state index < -0.39 is 28.6 Å². The molecule has 5 rings (SSSR count). The van der Waals surface area contributed by atoms with Crippen LogP contribution in [0.4, 0.5) is 13.2 Å². The summed E-state index contributed by atoms with van der Waals surface area (Å²) in [6, 6.07) is 8.71. The van der Waals surface area contributed by atoms with Gasteiger partial charge in [0.05, 0.1) is 11.0 Å². The van der Waals surface area contributed by atoms with Crippen molar-refractivity contribution in [3.05, 3.63) is 94.6 Å². The Balaban J connectivity index is 1.66. The predicted octanol–water partition coefficient (Wildman–Crippen LogP) is 4.30. The third kappa shape index (κ3) is 5.26. The molecular weight excluding hydrogens is 537 g/mol. The lowest BCUT2D eigenvalue weighted by atomic mass is 9.78. The molecule has 2 N–H and O–H groups in total. The molecule has 1 aliphatic heterocycles. The number of carbonyl (C=O) groups excluding carboxylic acids is 1. The van der Waals surface area contributed by atoms with Crippen molar-refractivity contribution >= 4 is 5.78 Å². The van der Waals surface area contributed by atoms with Gasteiger partial charge in [0.2, 0.25) is 0 Å². The fourth-order valence-corrected chi connectivity index (χ4v) is 5.12. The van der Waals surface area contributed by atoms with E-state index in [4.69, 9.17) is 0 Å². The second-order valence-electron chi connectivity index (χ2n) is 9.83. The minimum absolute atomic E-state index is 0.0958. The molecule has 4 heterocycles. The predicted molar refractivity (Wildman–Crippen MR) is 145 cm³/mol. The quantitative estimate of drug-likeness (QED) is 0.277. The van der Waals surface area contributed by atoms with Gasteiger partial charge >= 0.3 is 11.9 Å². The van der Waals surface area contributed by atoms with Gasteiger partial charge in [0.15, 0.2) is 5.82 Å². The highest BCUT2D eigenvalue weighted by Gasteiger charge is 2.42. The molecule has 10 nitrogen and oxygen atoms in total. The summed E-state index contributed by atoms with van der Waals surface area (Å²) in [5, 5.41) is 17.1. The Kier molecular flexibility index (Phi) is 7.52. The number of Topliss-reactive ketones (excluding diaryl/α,β-unsaturated/α-hetero) is 1. The lowest BCUT2D eigenvalue weighted by Crippen LogP contribution is -2.36. The van der Waals surface area contributed by atoms with Gasteiger partial charge in [0.1, 0.15) is 5.82 Å². The monoisotopic (exact) mass is 566 g/mol. The molecule has 0 bridgehead atoms. The molecular formula is C28H29F3N8O2. The molecule has 0 unspecified atom stereocenters. The molecule has 0 amide bonds. The highest BCUT2D eigenvalue weighted by Crippen LogP contribution is 2.34. The first kappa shape index (κ1) is 27.9. The zero-order valence-electron chi connectivity index (χ0n) is 22.5. The maximum absolute atomic E-state index is 14.1. The zero-order chi connectivity index (χ0) is 29.2. The van der Waals surface area contributed by atoms with Crippen LogP contribution < -0.4 is 11.0 Å². The van der Waals surface area contributed by atoms with Gasteiger partial charge in [-0.2, -0.15) is 13.2 Å². The average Bonchev–Trinajstić information content (AvgIpc) is 3.72. The van der Waals surface area contributed by atoms with Gasteiger partial charge in [-0.1, -0.05) is 43.7 Å². The van der Waals surface area contributed by atoms with Crippen LogP contribution in [0.3, 0.4) is 0 Å². The van der Waals surface area contributed by atoms with Crippen molar-refractivity contribution in [1.29, 1.82) is 0 Å². The molecule has 0 saturated carbocycles. The average molecular weight is 567 g/mol. The van der Waals surface area contributed by atoms with E-state index in [0.29, 0.717) is 17.9 Å². The van der Waals surface area contributed by atoms with Gasteiger partial charge in [-0.15, -0.1) is 5.10 Å². The number of hydrogen-bond donors (Lipinski definition) is 2. The third-order valence-corrected chi connectivity index (χ3v) is 7.25. The summed E-state index contributed by atoms with van der Waals surface area (Å²) in [5.41, 5.74) is 0.372. The van der Waals surface area contributed by atoms with Crippen LogP contribution in [0.25, 0.3) is 17.2 Å². The van der Waals surface area contributed by atoms with Crippen LogP contribution in [-0.4, -0.2) is 46.3 Å². The van der Waals surface area contributed by atoms with Crippen molar-refractivity contribution in [1.82, 2.24) is 39.6 Å². The summed E-state index contributed by atoms with van der Waals surface area (Å²) in [4.78, 5) is 26.4. The van der Waals surface area contributed by atoms with Crippen LogP contribution in [0.2, 0.25) is 0 Å². The largest absolute Gasteiger partial charge is 0.455 e. The summed E-state index contributed by atoms with van der Waals surface area (Å²) < 4.78 is 44.7. The number of aryl methyl sites for hydroxylation is 2. The molecule has 214 valence electrons. The standard InChI is InChI=1S/C28H29F3N8O2/c1-3-5-9-21-17-38(25-22(10-15-37(25)4-2)23(40)28(29,30)31)26(41)39(21)18-27(11-13-32-14-12-27)20-8-6-7-19(16-20)24-33-35-36-34-24/h6-8,10-17,32H,3-5,9,18H2,1-2H3,(H,33,34,35,36). The summed E-state index contributed by atoms with van der Waals surface area (Å²) in [5.74, 6) is -1.60. The number of aromatic nitrogens is 7. The van der Waals surface area contributed by atoms with Crippen LogP contribution in [0.1, 0.15) is 48.3 Å². The Bertz CT molecular complexity index is 1650. The van der Waals surface area contributed by atoms with Gasteiger partial charge in [-0.05, 0) is 60.3 Å². The van der Waals surface area contributed by atoms with Gasteiger partial charge in [-0.3, -0.25) is 13.9 Å². The number of imidazole rings is 1. The van der Waals surface area contributed by atoms with Crippen molar-refractivity contribution in [2.75, 3.05) is 0 Å². The molecule has 0 fully saturated rings. The van der Waals surface area contributed by atoms with Crippen molar-refractivity contribution in [2.24, 2.45) is 0 Å². The van der Waals surface area contributed by atoms with Crippen LogP contribution in [-0.2, 0) is 24.9 Å². The smallest absolute Gasteiger partial charge is 0.368 e. The number of hydrogen-bond acceptors (Lipinski definition) is 6. The molecule has 0 spiro atoms. The normalized spacial score (nSPS) is 14.4. The molecule has 0 saturated heterocycles. The fourth-order valence-electron chi connectivity index (χ4n) is 5.12. The molecule has 41 heavy (non-hydrogen) atoms. The Morgan fingerprint density at radius 2 is 1.90 bits per heavy atom. The van der Waals surface area contributed by atoms with Crippen molar-refractivity contribution < 1.29 is 18.0 Å². The fraction of sp³-hybridized carbons (Fsp3) is 0.321. The topological polar surface area (TPSA) is 115 Å². The number of alkyl halides is 3. The first-order valence-electron chi connectivity index (χ1n) is 13.3. The van der Waals surface area contributed by atoms with E-state index >= 15 is 0 Å². The number of H-pyrrole nitrogens is 1. The van der Waals surface area contributed by atoms with Gasteiger partial charge < -0.3 is 9.88 Å². The number of unbranched alkanes of at least 4 members (excludes halogenated alkanes) is 1. The van der Waals surface area contributed by atoms with Crippen LogP contribution in [0, 0.1) is 0 Å². The van der Waals surface area contributed by atoms with E-state index in [2.05, 4.69) is 25.9 Å². The van der Waals surface area contributed by atoms with Crippen molar-refractivity contribution in [2.45, 2.75) is 57.8 Å². The highest BCUT2D eigenvalue weighted by molar-refractivity contribution is 6.03. The van der Waals surface area contributed by atoms with Gasteiger partial charge in [0, 0.05) is 36.7 Å². The highest BCUT2D eigenvalue weighted by atomic mass is 19.4. The number of aromatic amines is 1.